The van der Waals surface area contributed by atoms with Crippen molar-refractivity contribution in [2.45, 2.75) is 33.4 Å². The quantitative estimate of drug-likeness (QED) is 0.684. The van der Waals surface area contributed by atoms with Gasteiger partial charge in [-0.3, -0.25) is 4.90 Å². The molecule has 1 atom stereocenters. The van der Waals surface area contributed by atoms with E-state index in [0.29, 0.717) is 0 Å². The zero-order valence-electron chi connectivity index (χ0n) is 14.8. The van der Waals surface area contributed by atoms with Crippen LogP contribution in [0.4, 0.5) is 0 Å². The van der Waals surface area contributed by atoms with Crippen molar-refractivity contribution >= 4 is 22.2 Å². The summed E-state index contributed by atoms with van der Waals surface area (Å²) in [5, 5.41) is 2.22. The molecule has 0 fully saturated rings. The summed E-state index contributed by atoms with van der Waals surface area (Å²) in [6.07, 6.45) is 0. The van der Waals surface area contributed by atoms with Gasteiger partial charge in [-0.15, -0.1) is 11.3 Å². The average molecular weight is 341 g/mol. The number of pyridine rings is 1. The van der Waals surface area contributed by atoms with E-state index in [9.17, 15) is 0 Å². The van der Waals surface area contributed by atoms with E-state index in [1.54, 1.807) is 18.4 Å². The van der Waals surface area contributed by atoms with Gasteiger partial charge in [0.2, 0.25) is 0 Å². The van der Waals surface area contributed by atoms with Crippen LogP contribution in [0, 0.1) is 13.8 Å². The van der Waals surface area contributed by atoms with Gasteiger partial charge in [0.25, 0.3) is 0 Å². The van der Waals surface area contributed by atoms with Crippen LogP contribution in [0.3, 0.4) is 0 Å². The lowest BCUT2D eigenvalue weighted by molar-refractivity contribution is 0.246. The van der Waals surface area contributed by atoms with Crippen LogP contribution in [0.25, 0.3) is 10.9 Å². The molecule has 3 rings (SSSR count). The van der Waals surface area contributed by atoms with E-state index in [0.717, 1.165) is 33.9 Å². The summed E-state index contributed by atoms with van der Waals surface area (Å²) in [5.41, 5.74) is 3.11. The Morgan fingerprint density at radius 2 is 1.96 bits per heavy atom. The van der Waals surface area contributed by atoms with Gasteiger partial charge >= 0.3 is 0 Å². The van der Waals surface area contributed by atoms with Gasteiger partial charge in [0.15, 0.2) is 0 Å². The number of ether oxygens (including phenoxy) is 1. The molecule has 4 nitrogen and oxygen atoms in total. The molecule has 3 aromatic rings. The fourth-order valence-electron chi connectivity index (χ4n) is 2.95. The first-order valence-electron chi connectivity index (χ1n) is 8.06. The minimum atomic E-state index is 0.255. The molecule has 0 aliphatic rings. The Kier molecular flexibility index (Phi) is 4.83. The van der Waals surface area contributed by atoms with Crippen LogP contribution in [-0.4, -0.2) is 29.0 Å². The molecule has 0 N–H and O–H groups in total. The molecule has 0 radical (unpaired) electrons. The molecule has 0 amide bonds. The van der Waals surface area contributed by atoms with E-state index in [1.165, 1.54) is 10.6 Å². The SMILES string of the molecule is COc1cccc2ccc(CN(C)[C@@H](C)c3nc(C)sc3C)nc12. The maximum atomic E-state index is 5.44. The molecule has 1 aromatic carbocycles. The molecule has 0 aliphatic heterocycles. The number of nitrogens with zero attached hydrogens (tertiary/aromatic N) is 3. The number of benzene rings is 1. The van der Waals surface area contributed by atoms with E-state index in [4.69, 9.17) is 9.72 Å². The first-order valence-corrected chi connectivity index (χ1v) is 8.88. The van der Waals surface area contributed by atoms with Gasteiger partial charge in [-0.05, 0) is 40.0 Å². The van der Waals surface area contributed by atoms with Gasteiger partial charge in [0.1, 0.15) is 11.3 Å². The third kappa shape index (κ3) is 3.28. The van der Waals surface area contributed by atoms with E-state index in [-0.39, 0.29) is 6.04 Å². The Bertz CT molecular complexity index is 859. The van der Waals surface area contributed by atoms with Gasteiger partial charge in [0, 0.05) is 16.8 Å². The Hall–Kier alpha value is -1.98. The van der Waals surface area contributed by atoms with Crippen molar-refractivity contribution < 1.29 is 4.74 Å². The molecular weight excluding hydrogens is 318 g/mol. The summed E-state index contributed by atoms with van der Waals surface area (Å²) in [6, 6.07) is 10.4. The molecule has 0 saturated heterocycles. The zero-order valence-corrected chi connectivity index (χ0v) is 15.6. The van der Waals surface area contributed by atoms with Crippen LogP contribution in [-0.2, 0) is 6.54 Å². The fraction of sp³-hybridized carbons (Fsp3) is 0.368. The second-order valence-electron chi connectivity index (χ2n) is 6.10. The summed E-state index contributed by atoms with van der Waals surface area (Å²) >= 11 is 1.76. The van der Waals surface area contributed by atoms with Gasteiger partial charge in [-0.25, -0.2) is 9.97 Å². The summed E-state index contributed by atoms with van der Waals surface area (Å²) in [6.45, 7) is 7.17. The number of methoxy groups -OCH3 is 1. The molecule has 0 bridgehead atoms. The number of rotatable bonds is 5. The van der Waals surface area contributed by atoms with Crippen molar-refractivity contribution in [1.29, 1.82) is 0 Å². The van der Waals surface area contributed by atoms with Crippen molar-refractivity contribution in [3.63, 3.8) is 0 Å². The lowest BCUT2D eigenvalue weighted by Gasteiger charge is -2.23. The van der Waals surface area contributed by atoms with Crippen molar-refractivity contribution in [2.75, 3.05) is 14.2 Å². The molecule has 0 spiro atoms. The van der Waals surface area contributed by atoms with Gasteiger partial charge in [-0.1, -0.05) is 18.2 Å². The van der Waals surface area contributed by atoms with Crippen LogP contribution in [0.1, 0.15) is 34.2 Å². The molecule has 24 heavy (non-hydrogen) atoms. The Morgan fingerprint density at radius 3 is 2.62 bits per heavy atom. The fourth-order valence-corrected chi connectivity index (χ4v) is 3.85. The van der Waals surface area contributed by atoms with Gasteiger partial charge in [-0.2, -0.15) is 0 Å². The Labute approximate surface area is 147 Å². The third-order valence-corrected chi connectivity index (χ3v) is 5.27. The number of hydrogen-bond acceptors (Lipinski definition) is 5. The molecule has 2 heterocycles. The summed E-state index contributed by atoms with van der Waals surface area (Å²) in [4.78, 5) is 13.1. The number of hydrogen-bond donors (Lipinski definition) is 0. The highest BCUT2D eigenvalue weighted by Gasteiger charge is 2.18. The number of para-hydroxylation sites is 1. The first kappa shape index (κ1) is 16.9. The minimum absolute atomic E-state index is 0.255. The molecular formula is C19H23N3OS. The summed E-state index contributed by atoms with van der Waals surface area (Å²) in [5.74, 6) is 0.816. The van der Waals surface area contributed by atoms with Crippen LogP contribution < -0.4 is 4.74 Å². The Balaban J connectivity index is 1.85. The number of aromatic nitrogens is 2. The highest BCUT2D eigenvalue weighted by atomic mass is 32.1. The topological polar surface area (TPSA) is 38.2 Å². The molecule has 5 heteroatoms. The van der Waals surface area contributed by atoms with E-state index >= 15 is 0 Å². The maximum Gasteiger partial charge on any atom is 0.145 e. The predicted octanol–water partition coefficient (Wildman–Crippen LogP) is 4.51. The predicted molar refractivity (Wildman–Crippen MR) is 99.8 cm³/mol. The van der Waals surface area contributed by atoms with E-state index < -0.39 is 0 Å². The van der Waals surface area contributed by atoms with Crippen LogP contribution in [0.2, 0.25) is 0 Å². The van der Waals surface area contributed by atoms with Crippen molar-refractivity contribution in [3.8, 4) is 5.75 Å². The molecule has 126 valence electrons. The molecule has 0 aliphatic carbocycles. The van der Waals surface area contributed by atoms with E-state index in [2.05, 4.69) is 55.9 Å². The highest BCUT2D eigenvalue weighted by molar-refractivity contribution is 7.11. The zero-order chi connectivity index (χ0) is 17.3. The largest absolute Gasteiger partial charge is 0.494 e. The lowest BCUT2D eigenvalue weighted by Crippen LogP contribution is -2.23. The second-order valence-corrected chi connectivity index (χ2v) is 7.51. The first-order chi connectivity index (χ1) is 11.5. The number of fused-ring (bicyclic) bond motifs is 1. The molecule has 0 saturated carbocycles. The van der Waals surface area contributed by atoms with Crippen molar-refractivity contribution in [2.24, 2.45) is 0 Å². The second kappa shape index (κ2) is 6.87. The summed E-state index contributed by atoms with van der Waals surface area (Å²) < 4.78 is 5.44. The monoisotopic (exact) mass is 341 g/mol. The highest BCUT2D eigenvalue weighted by Crippen LogP contribution is 2.28. The van der Waals surface area contributed by atoms with E-state index in [1.807, 2.05) is 12.1 Å². The average Bonchev–Trinajstić information content (AvgIpc) is 2.91. The lowest BCUT2D eigenvalue weighted by atomic mass is 10.1. The standard InChI is InChI=1S/C19H23N3OS/c1-12(18-13(2)24-14(3)20-18)22(4)11-16-10-9-15-7-6-8-17(23-5)19(15)21-16/h6-10,12H,11H2,1-5H3/t12-/m0/s1. The normalized spacial score (nSPS) is 12.8. The minimum Gasteiger partial charge on any atom is -0.494 e. The Morgan fingerprint density at radius 1 is 1.17 bits per heavy atom. The number of aryl methyl sites for hydroxylation is 2. The van der Waals surface area contributed by atoms with Gasteiger partial charge in [0.05, 0.1) is 29.5 Å². The van der Waals surface area contributed by atoms with Gasteiger partial charge < -0.3 is 4.74 Å². The maximum absolute atomic E-state index is 5.44. The number of thiazole rings is 1. The molecule has 2 aromatic heterocycles. The van der Waals surface area contributed by atoms with Crippen LogP contribution in [0.5, 0.6) is 5.75 Å². The van der Waals surface area contributed by atoms with Crippen molar-refractivity contribution in [3.05, 3.63) is 51.6 Å². The third-order valence-electron chi connectivity index (χ3n) is 4.37. The van der Waals surface area contributed by atoms with Crippen LogP contribution >= 0.6 is 11.3 Å². The van der Waals surface area contributed by atoms with Crippen LogP contribution in [0.15, 0.2) is 30.3 Å². The molecule has 0 unspecified atom stereocenters. The van der Waals surface area contributed by atoms with Crippen molar-refractivity contribution in [1.82, 2.24) is 14.9 Å². The summed E-state index contributed by atoms with van der Waals surface area (Å²) in [7, 11) is 3.80. The smallest absolute Gasteiger partial charge is 0.145 e.